The molecule has 0 radical (unpaired) electrons. The van der Waals surface area contributed by atoms with E-state index in [1.807, 2.05) is 49.4 Å². The lowest BCUT2D eigenvalue weighted by molar-refractivity contribution is 0.202. The van der Waals surface area contributed by atoms with Crippen LogP contribution in [0.5, 0.6) is 0 Å². The molecular formula is C25H23N3O2. The molecule has 0 saturated heterocycles. The summed E-state index contributed by atoms with van der Waals surface area (Å²) in [7, 11) is 0. The van der Waals surface area contributed by atoms with Gasteiger partial charge in [0.2, 0.25) is 0 Å². The van der Waals surface area contributed by atoms with Crippen LogP contribution in [0.2, 0.25) is 0 Å². The molecule has 30 heavy (non-hydrogen) atoms. The molecule has 1 aromatic heterocycles. The lowest BCUT2D eigenvalue weighted by Crippen LogP contribution is -2.31. The number of hydrogen-bond donors (Lipinski definition) is 2. The zero-order chi connectivity index (χ0) is 20.9. The maximum Gasteiger partial charge on any atom is 0.411 e. The summed E-state index contributed by atoms with van der Waals surface area (Å²) in [6, 6.07) is 26.0. The number of benzene rings is 3. The zero-order valence-corrected chi connectivity index (χ0v) is 16.7. The van der Waals surface area contributed by atoms with Crippen molar-refractivity contribution in [3.05, 3.63) is 96.4 Å². The molecule has 0 aliphatic heterocycles. The summed E-state index contributed by atoms with van der Waals surface area (Å²) in [5.74, 6) is 0.760. The van der Waals surface area contributed by atoms with Crippen molar-refractivity contribution in [3.63, 3.8) is 0 Å². The molecule has 0 fully saturated rings. The summed E-state index contributed by atoms with van der Waals surface area (Å²) < 4.78 is 0. The van der Waals surface area contributed by atoms with Crippen LogP contribution in [0.4, 0.5) is 10.5 Å². The second-order valence-electron chi connectivity index (χ2n) is 7.21. The van der Waals surface area contributed by atoms with Gasteiger partial charge in [0.15, 0.2) is 0 Å². The van der Waals surface area contributed by atoms with Gasteiger partial charge in [0.1, 0.15) is 5.82 Å². The van der Waals surface area contributed by atoms with Crippen LogP contribution in [0.25, 0.3) is 22.4 Å². The Morgan fingerprint density at radius 2 is 1.53 bits per heavy atom. The van der Waals surface area contributed by atoms with E-state index < -0.39 is 6.09 Å². The highest BCUT2D eigenvalue weighted by Crippen LogP contribution is 2.24. The first kappa shape index (κ1) is 19.5. The summed E-state index contributed by atoms with van der Waals surface area (Å²) in [6.45, 7) is 2.31. The van der Waals surface area contributed by atoms with Gasteiger partial charge in [0, 0.05) is 18.7 Å². The van der Waals surface area contributed by atoms with E-state index in [-0.39, 0.29) is 0 Å². The highest BCUT2D eigenvalue weighted by Gasteiger charge is 2.15. The predicted octanol–water partition coefficient (Wildman–Crippen LogP) is 5.78. The quantitative estimate of drug-likeness (QED) is 0.433. The first-order valence-corrected chi connectivity index (χ1v) is 9.87. The SMILES string of the molecule is Cc1ccc(N(CCc2ncc(-c3ccc(-c4ccccc4)cc3)[nH]2)C(=O)O)cc1. The van der Waals surface area contributed by atoms with Crippen molar-refractivity contribution in [2.24, 2.45) is 0 Å². The van der Waals surface area contributed by atoms with E-state index in [1.165, 1.54) is 10.5 Å². The van der Waals surface area contributed by atoms with E-state index >= 15 is 0 Å². The van der Waals surface area contributed by atoms with Crippen LogP contribution in [-0.2, 0) is 6.42 Å². The largest absolute Gasteiger partial charge is 0.465 e. The molecule has 2 N–H and O–H groups in total. The number of imidazole rings is 1. The molecule has 1 amide bonds. The van der Waals surface area contributed by atoms with Crippen LogP contribution in [0.1, 0.15) is 11.4 Å². The van der Waals surface area contributed by atoms with Crippen LogP contribution >= 0.6 is 0 Å². The Bertz CT molecular complexity index is 1120. The average Bonchev–Trinajstić information content (AvgIpc) is 3.25. The number of nitrogens with zero attached hydrogens (tertiary/aromatic N) is 2. The number of anilines is 1. The number of hydrogen-bond acceptors (Lipinski definition) is 2. The van der Waals surface area contributed by atoms with Crippen molar-refractivity contribution >= 4 is 11.8 Å². The van der Waals surface area contributed by atoms with Gasteiger partial charge in [-0.2, -0.15) is 0 Å². The number of amides is 1. The Kier molecular flexibility index (Phi) is 5.61. The Morgan fingerprint density at radius 3 is 2.20 bits per heavy atom. The molecule has 0 bridgehead atoms. The maximum atomic E-state index is 11.7. The molecule has 1 heterocycles. The van der Waals surface area contributed by atoms with E-state index in [2.05, 4.69) is 46.4 Å². The molecule has 4 aromatic rings. The van der Waals surface area contributed by atoms with Gasteiger partial charge in [0.05, 0.1) is 11.9 Å². The fourth-order valence-electron chi connectivity index (χ4n) is 3.39. The lowest BCUT2D eigenvalue weighted by atomic mass is 10.0. The highest BCUT2D eigenvalue weighted by molar-refractivity contribution is 5.86. The second-order valence-corrected chi connectivity index (χ2v) is 7.21. The van der Waals surface area contributed by atoms with Gasteiger partial charge in [-0.05, 0) is 35.7 Å². The molecule has 0 saturated carbocycles. The zero-order valence-electron chi connectivity index (χ0n) is 16.7. The van der Waals surface area contributed by atoms with E-state index in [1.54, 1.807) is 6.20 Å². The summed E-state index contributed by atoms with van der Waals surface area (Å²) >= 11 is 0. The number of carboxylic acid groups (broad SMARTS) is 1. The first-order valence-electron chi connectivity index (χ1n) is 9.87. The Balaban J connectivity index is 1.45. The molecule has 0 unspecified atom stereocenters. The second kappa shape index (κ2) is 8.66. The van der Waals surface area contributed by atoms with Crippen LogP contribution in [-0.4, -0.2) is 27.7 Å². The third-order valence-corrected chi connectivity index (χ3v) is 5.08. The number of aromatic amines is 1. The van der Waals surface area contributed by atoms with Gasteiger partial charge in [-0.3, -0.25) is 4.90 Å². The number of aryl methyl sites for hydroxylation is 1. The minimum atomic E-state index is -0.970. The molecule has 5 nitrogen and oxygen atoms in total. The van der Waals surface area contributed by atoms with E-state index in [0.29, 0.717) is 18.7 Å². The van der Waals surface area contributed by atoms with E-state index in [9.17, 15) is 9.90 Å². The molecule has 3 aromatic carbocycles. The minimum absolute atomic E-state index is 0.332. The van der Waals surface area contributed by atoms with Crippen LogP contribution in [0.15, 0.2) is 85.1 Å². The lowest BCUT2D eigenvalue weighted by Gasteiger charge is -2.18. The number of H-pyrrole nitrogens is 1. The maximum absolute atomic E-state index is 11.7. The Hall–Kier alpha value is -3.86. The normalized spacial score (nSPS) is 10.7. The van der Waals surface area contributed by atoms with E-state index in [0.717, 1.165) is 28.2 Å². The smallest absolute Gasteiger partial charge is 0.411 e. The van der Waals surface area contributed by atoms with Crippen molar-refractivity contribution < 1.29 is 9.90 Å². The van der Waals surface area contributed by atoms with Crippen molar-refractivity contribution in [1.29, 1.82) is 0 Å². The molecular weight excluding hydrogens is 374 g/mol. The standard InChI is InChI=1S/C25H23N3O2/c1-18-7-13-22(14-8-18)28(25(29)30)16-15-24-26-17-23(27-24)21-11-9-20(10-12-21)19-5-3-2-4-6-19/h2-14,17H,15-16H2,1H3,(H,26,27)(H,29,30). The Labute approximate surface area is 175 Å². The molecule has 0 aliphatic rings. The third-order valence-electron chi connectivity index (χ3n) is 5.08. The number of aromatic nitrogens is 2. The summed E-state index contributed by atoms with van der Waals surface area (Å²) in [5, 5.41) is 9.57. The number of nitrogens with one attached hydrogen (secondary N) is 1. The van der Waals surface area contributed by atoms with Gasteiger partial charge in [-0.1, -0.05) is 72.3 Å². The molecule has 150 valence electrons. The van der Waals surface area contributed by atoms with E-state index in [4.69, 9.17) is 0 Å². The van der Waals surface area contributed by atoms with Crippen molar-refractivity contribution in [2.75, 3.05) is 11.4 Å². The number of rotatable bonds is 6. The summed E-state index contributed by atoms with van der Waals surface area (Å²) in [6.07, 6.45) is 1.33. The minimum Gasteiger partial charge on any atom is -0.465 e. The molecule has 0 atom stereocenters. The fourth-order valence-corrected chi connectivity index (χ4v) is 3.39. The van der Waals surface area contributed by atoms with Crippen molar-refractivity contribution in [1.82, 2.24) is 9.97 Å². The van der Waals surface area contributed by atoms with Gasteiger partial charge >= 0.3 is 6.09 Å². The summed E-state index contributed by atoms with van der Waals surface area (Å²) in [4.78, 5) is 20.8. The van der Waals surface area contributed by atoms with Gasteiger partial charge in [-0.25, -0.2) is 9.78 Å². The van der Waals surface area contributed by atoms with Crippen molar-refractivity contribution in [2.45, 2.75) is 13.3 Å². The molecule has 4 rings (SSSR count). The number of carbonyl (C=O) groups is 1. The van der Waals surface area contributed by atoms with Crippen LogP contribution in [0.3, 0.4) is 0 Å². The topological polar surface area (TPSA) is 69.2 Å². The van der Waals surface area contributed by atoms with Gasteiger partial charge < -0.3 is 10.1 Å². The van der Waals surface area contributed by atoms with Crippen LogP contribution < -0.4 is 4.90 Å². The summed E-state index contributed by atoms with van der Waals surface area (Å²) in [5.41, 5.74) is 6.06. The molecule has 5 heteroatoms. The fraction of sp³-hybridized carbons (Fsp3) is 0.120. The first-order chi connectivity index (χ1) is 14.6. The monoisotopic (exact) mass is 397 g/mol. The Morgan fingerprint density at radius 1 is 0.900 bits per heavy atom. The average molecular weight is 397 g/mol. The van der Waals surface area contributed by atoms with Crippen molar-refractivity contribution in [3.8, 4) is 22.4 Å². The molecule has 0 aliphatic carbocycles. The van der Waals surface area contributed by atoms with Gasteiger partial charge in [-0.15, -0.1) is 0 Å². The third kappa shape index (κ3) is 4.41. The predicted molar refractivity (Wildman–Crippen MR) is 120 cm³/mol. The highest BCUT2D eigenvalue weighted by atomic mass is 16.4. The van der Waals surface area contributed by atoms with Crippen LogP contribution in [0, 0.1) is 6.92 Å². The van der Waals surface area contributed by atoms with Gasteiger partial charge in [0.25, 0.3) is 0 Å². The molecule has 0 spiro atoms.